The van der Waals surface area contributed by atoms with Gasteiger partial charge in [-0.15, -0.1) is 0 Å². The number of imide groups is 1. The zero-order valence-corrected chi connectivity index (χ0v) is 20.1. The third-order valence-corrected chi connectivity index (χ3v) is 7.59. The molecule has 3 aliphatic rings. The Labute approximate surface area is 209 Å². The first kappa shape index (κ1) is 24.1. The summed E-state index contributed by atoms with van der Waals surface area (Å²) < 4.78 is 0. The lowest BCUT2D eigenvalue weighted by Crippen LogP contribution is -2.69. The molecule has 0 unspecified atom stereocenters. The molecule has 10 heteroatoms. The second-order valence-corrected chi connectivity index (χ2v) is 9.74. The van der Waals surface area contributed by atoms with Crippen LogP contribution in [0.3, 0.4) is 0 Å². The first-order chi connectivity index (χ1) is 17.4. The van der Waals surface area contributed by atoms with Crippen LogP contribution in [0.15, 0.2) is 42.5 Å². The number of carbonyl (C=O) groups excluding carboxylic acids is 3. The molecule has 0 radical (unpaired) electrons. The van der Waals surface area contributed by atoms with Gasteiger partial charge in [0, 0.05) is 31.6 Å². The number of carboxylic acid groups (broad SMARTS) is 1. The van der Waals surface area contributed by atoms with E-state index in [9.17, 15) is 24.3 Å². The van der Waals surface area contributed by atoms with Crippen LogP contribution >= 0.6 is 0 Å². The van der Waals surface area contributed by atoms with Crippen LogP contribution in [0, 0.1) is 11.8 Å². The van der Waals surface area contributed by atoms with Crippen molar-refractivity contribution in [3.05, 3.63) is 42.5 Å². The number of piperidine rings is 1. The number of carboxylic acids is 1. The van der Waals surface area contributed by atoms with Crippen LogP contribution in [-0.4, -0.2) is 89.1 Å². The highest BCUT2D eigenvalue weighted by Gasteiger charge is 2.56. The highest BCUT2D eigenvalue weighted by molar-refractivity contribution is 6.07. The number of nitrogens with one attached hydrogen (secondary N) is 2. The fraction of sp³-hybridized carbons (Fsp3) is 0.462. The summed E-state index contributed by atoms with van der Waals surface area (Å²) in [6, 6.07) is 11.5. The van der Waals surface area contributed by atoms with E-state index in [1.807, 2.05) is 42.5 Å². The fourth-order valence-corrected chi connectivity index (χ4v) is 5.53. The summed E-state index contributed by atoms with van der Waals surface area (Å²) >= 11 is 0. The van der Waals surface area contributed by atoms with Crippen LogP contribution < -0.4 is 10.6 Å². The number of amides is 5. The molecule has 3 saturated heterocycles. The second-order valence-electron chi connectivity index (χ2n) is 9.74. The summed E-state index contributed by atoms with van der Waals surface area (Å²) in [5.74, 6) is -1.90. The van der Waals surface area contributed by atoms with Gasteiger partial charge in [0.15, 0.2) is 6.04 Å². The van der Waals surface area contributed by atoms with Gasteiger partial charge in [-0.25, -0.2) is 19.3 Å². The molecule has 5 amide bonds. The molecule has 0 aromatic heterocycles. The molecule has 0 aliphatic carbocycles. The maximum absolute atomic E-state index is 13.1. The van der Waals surface area contributed by atoms with E-state index >= 15 is 0 Å². The van der Waals surface area contributed by atoms with Gasteiger partial charge < -0.3 is 25.5 Å². The maximum Gasteiger partial charge on any atom is 0.327 e. The molecule has 0 spiro atoms. The Morgan fingerprint density at radius 2 is 1.61 bits per heavy atom. The molecule has 2 aromatic carbocycles. The minimum absolute atomic E-state index is 0.233. The number of rotatable bonds is 4. The number of hydrogen-bond acceptors (Lipinski definition) is 5. The largest absolute Gasteiger partial charge is 0.480 e. The third kappa shape index (κ3) is 4.60. The SMILES string of the molecule is O=C(O)[C@@H]1[C@@H](CC2CCNCC2)C(=O)N1C(=O)N1CCN(C(=O)Nc2cccc3ccccc23)CC1. The topological polar surface area (TPSA) is 122 Å². The molecular formula is C26H31N5O5. The first-order valence-electron chi connectivity index (χ1n) is 12.5. The van der Waals surface area contributed by atoms with Crippen LogP contribution in [0.25, 0.3) is 10.8 Å². The van der Waals surface area contributed by atoms with Crippen molar-refractivity contribution in [3.8, 4) is 0 Å². The van der Waals surface area contributed by atoms with Crippen molar-refractivity contribution in [3.63, 3.8) is 0 Å². The van der Waals surface area contributed by atoms with E-state index in [2.05, 4.69) is 10.6 Å². The first-order valence-corrected chi connectivity index (χ1v) is 12.5. The monoisotopic (exact) mass is 493 g/mol. The van der Waals surface area contributed by atoms with Crippen LogP contribution in [-0.2, 0) is 9.59 Å². The molecule has 3 N–H and O–H groups in total. The van der Waals surface area contributed by atoms with Gasteiger partial charge >= 0.3 is 18.0 Å². The zero-order valence-electron chi connectivity index (χ0n) is 20.1. The Bertz CT molecular complexity index is 1170. The number of carbonyl (C=O) groups is 4. The van der Waals surface area contributed by atoms with Crippen LogP contribution in [0.2, 0.25) is 0 Å². The second kappa shape index (κ2) is 10.1. The van der Waals surface area contributed by atoms with Crippen molar-refractivity contribution in [2.24, 2.45) is 11.8 Å². The van der Waals surface area contributed by atoms with E-state index in [-0.39, 0.29) is 19.1 Å². The predicted molar refractivity (Wildman–Crippen MR) is 133 cm³/mol. The number of aliphatic carboxylic acids is 1. The number of fused-ring (bicyclic) bond motifs is 1. The molecule has 36 heavy (non-hydrogen) atoms. The summed E-state index contributed by atoms with van der Waals surface area (Å²) in [4.78, 5) is 54.8. The van der Waals surface area contributed by atoms with Gasteiger partial charge in [-0.2, -0.15) is 0 Å². The van der Waals surface area contributed by atoms with E-state index in [1.165, 1.54) is 4.90 Å². The summed E-state index contributed by atoms with van der Waals surface area (Å²) in [5.41, 5.74) is 0.715. The molecule has 2 aromatic rings. The van der Waals surface area contributed by atoms with E-state index in [4.69, 9.17) is 0 Å². The number of β-lactam (4-membered cyclic amide) rings is 1. The normalized spacial score (nSPS) is 22.9. The molecular weight excluding hydrogens is 462 g/mol. The van der Waals surface area contributed by atoms with E-state index in [0.717, 1.165) is 41.6 Å². The third-order valence-electron chi connectivity index (χ3n) is 7.59. The summed E-state index contributed by atoms with van der Waals surface area (Å²) in [6.45, 7) is 2.78. The number of urea groups is 2. The Hall–Kier alpha value is -3.66. The van der Waals surface area contributed by atoms with Gasteiger partial charge in [-0.1, -0.05) is 36.4 Å². The molecule has 3 aliphatic heterocycles. The fourth-order valence-electron chi connectivity index (χ4n) is 5.53. The predicted octanol–water partition coefficient (Wildman–Crippen LogP) is 2.41. The van der Waals surface area contributed by atoms with Crippen molar-refractivity contribution in [2.75, 3.05) is 44.6 Å². The van der Waals surface area contributed by atoms with Crippen molar-refractivity contribution >= 4 is 40.4 Å². The lowest BCUT2D eigenvalue weighted by atomic mass is 9.78. The highest BCUT2D eigenvalue weighted by Crippen LogP contribution is 2.35. The van der Waals surface area contributed by atoms with Crippen molar-refractivity contribution in [1.82, 2.24) is 20.0 Å². The maximum atomic E-state index is 13.1. The summed E-state index contributed by atoms with van der Waals surface area (Å²) in [5, 5.41) is 17.9. The molecule has 3 fully saturated rings. The van der Waals surface area contributed by atoms with Gasteiger partial charge in [0.05, 0.1) is 11.6 Å². The minimum atomic E-state index is -1.14. The average Bonchev–Trinajstić information content (AvgIpc) is 2.90. The van der Waals surface area contributed by atoms with E-state index in [0.29, 0.717) is 31.1 Å². The standard InChI is InChI=1S/C26H31N5O5/c32-23-20(16-17-8-10-27-11-9-17)22(24(33)34)31(23)26(36)30-14-12-29(13-15-30)25(35)28-21-7-3-5-18-4-1-2-6-19(18)21/h1-7,17,20,22,27H,8-16H2,(H,28,35)(H,33,34)/t20-,22+/m1/s1. The van der Waals surface area contributed by atoms with Crippen LogP contribution in [0.4, 0.5) is 15.3 Å². The van der Waals surface area contributed by atoms with Crippen LogP contribution in [0.5, 0.6) is 0 Å². The highest BCUT2D eigenvalue weighted by atomic mass is 16.4. The zero-order chi connectivity index (χ0) is 25.2. The number of piperazine rings is 1. The van der Waals surface area contributed by atoms with Crippen molar-refractivity contribution in [1.29, 1.82) is 0 Å². The molecule has 2 atom stereocenters. The average molecular weight is 494 g/mol. The number of benzene rings is 2. The Morgan fingerprint density at radius 1 is 0.944 bits per heavy atom. The smallest absolute Gasteiger partial charge is 0.327 e. The number of anilines is 1. The van der Waals surface area contributed by atoms with Gasteiger partial charge in [0.1, 0.15) is 0 Å². The summed E-state index contributed by atoms with van der Waals surface area (Å²) in [7, 11) is 0. The minimum Gasteiger partial charge on any atom is -0.480 e. The van der Waals surface area contributed by atoms with Crippen molar-refractivity contribution in [2.45, 2.75) is 25.3 Å². The Kier molecular flexibility index (Phi) is 6.77. The Morgan fingerprint density at radius 3 is 2.33 bits per heavy atom. The lowest BCUT2D eigenvalue weighted by molar-refractivity contribution is -0.167. The Balaban J connectivity index is 1.17. The number of nitrogens with zero attached hydrogens (tertiary/aromatic N) is 3. The quantitative estimate of drug-likeness (QED) is 0.563. The number of hydrogen-bond donors (Lipinski definition) is 3. The van der Waals surface area contributed by atoms with E-state index in [1.54, 1.807) is 4.90 Å². The number of likely N-dealkylation sites (tertiary alicyclic amines) is 1. The molecule has 190 valence electrons. The molecule has 3 heterocycles. The summed E-state index contributed by atoms with van der Waals surface area (Å²) in [6.07, 6.45) is 2.32. The molecule has 0 saturated carbocycles. The van der Waals surface area contributed by atoms with Gasteiger partial charge in [0.2, 0.25) is 5.91 Å². The van der Waals surface area contributed by atoms with Gasteiger partial charge in [-0.3, -0.25) is 4.79 Å². The van der Waals surface area contributed by atoms with Gasteiger partial charge in [0.25, 0.3) is 0 Å². The van der Waals surface area contributed by atoms with Gasteiger partial charge in [-0.05, 0) is 49.7 Å². The van der Waals surface area contributed by atoms with Crippen LogP contribution in [0.1, 0.15) is 19.3 Å². The lowest BCUT2D eigenvalue weighted by Gasteiger charge is -2.47. The molecule has 0 bridgehead atoms. The van der Waals surface area contributed by atoms with E-state index < -0.39 is 29.9 Å². The molecule has 10 nitrogen and oxygen atoms in total. The van der Waals surface area contributed by atoms with Crippen molar-refractivity contribution < 1.29 is 24.3 Å². The molecule has 5 rings (SSSR count).